The van der Waals surface area contributed by atoms with Gasteiger partial charge in [0.25, 0.3) is 0 Å². The van der Waals surface area contributed by atoms with Gasteiger partial charge < -0.3 is 10.5 Å². The van der Waals surface area contributed by atoms with Gasteiger partial charge in [0.2, 0.25) is 0 Å². The minimum Gasteiger partial charge on any atom is -0.496 e. The number of halogens is 2. The van der Waals surface area contributed by atoms with Crippen LogP contribution in [0.4, 0.5) is 0 Å². The van der Waals surface area contributed by atoms with Crippen molar-refractivity contribution < 1.29 is 4.74 Å². The van der Waals surface area contributed by atoms with Crippen LogP contribution in [0.2, 0.25) is 0 Å². The number of nitrogens with two attached hydrogens (primary N) is 1. The maximum atomic E-state index is 6.38. The molecule has 19 heavy (non-hydrogen) atoms. The lowest BCUT2D eigenvalue weighted by Gasteiger charge is -2.17. The highest BCUT2D eigenvalue weighted by atomic mass is 79.9. The van der Waals surface area contributed by atoms with Crippen LogP contribution in [0.5, 0.6) is 5.75 Å². The second-order valence-corrected chi connectivity index (χ2v) is 6.26. The molecule has 0 saturated carbocycles. The number of ether oxygens (including phenoxy) is 1. The molecule has 0 aliphatic heterocycles. The predicted octanol–water partition coefficient (Wildman–Crippen LogP) is 4.58. The Morgan fingerprint density at radius 2 is 1.79 bits per heavy atom. The van der Waals surface area contributed by atoms with Crippen LogP contribution in [0.3, 0.4) is 0 Å². The molecule has 2 nitrogen and oxygen atoms in total. The summed E-state index contributed by atoms with van der Waals surface area (Å²) >= 11 is 6.98. The molecule has 0 aromatic heterocycles. The van der Waals surface area contributed by atoms with Crippen LogP contribution in [0.15, 0.2) is 45.3 Å². The maximum absolute atomic E-state index is 6.38. The molecule has 2 N–H and O–H groups in total. The van der Waals surface area contributed by atoms with Crippen molar-refractivity contribution in [2.45, 2.75) is 13.0 Å². The highest BCUT2D eigenvalue weighted by Crippen LogP contribution is 2.32. The van der Waals surface area contributed by atoms with Gasteiger partial charge in [0.05, 0.1) is 13.2 Å². The topological polar surface area (TPSA) is 35.2 Å². The number of rotatable bonds is 3. The quantitative estimate of drug-likeness (QED) is 0.840. The van der Waals surface area contributed by atoms with E-state index in [9.17, 15) is 0 Å². The first-order chi connectivity index (χ1) is 9.01. The molecule has 100 valence electrons. The smallest absolute Gasteiger partial charge is 0.124 e. The van der Waals surface area contributed by atoms with E-state index in [1.165, 1.54) is 5.56 Å². The van der Waals surface area contributed by atoms with Crippen LogP contribution < -0.4 is 10.5 Å². The molecule has 2 aromatic carbocycles. The van der Waals surface area contributed by atoms with Gasteiger partial charge in [-0.3, -0.25) is 0 Å². The highest BCUT2D eigenvalue weighted by molar-refractivity contribution is 9.10. The molecule has 1 unspecified atom stereocenters. The van der Waals surface area contributed by atoms with Gasteiger partial charge in [-0.15, -0.1) is 0 Å². The van der Waals surface area contributed by atoms with Crippen LogP contribution in [0.1, 0.15) is 22.7 Å². The minimum absolute atomic E-state index is 0.219. The number of hydrogen-bond acceptors (Lipinski definition) is 2. The van der Waals surface area contributed by atoms with Crippen LogP contribution in [-0.2, 0) is 0 Å². The maximum Gasteiger partial charge on any atom is 0.124 e. The fraction of sp³-hybridized carbons (Fsp3) is 0.200. The van der Waals surface area contributed by atoms with Gasteiger partial charge >= 0.3 is 0 Å². The molecule has 0 aliphatic carbocycles. The summed E-state index contributed by atoms with van der Waals surface area (Å²) < 4.78 is 7.42. The van der Waals surface area contributed by atoms with E-state index in [0.29, 0.717) is 0 Å². The van der Waals surface area contributed by atoms with Crippen molar-refractivity contribution in [2.75, 3.05) is 7.11 Å². The Morgan fingerprint density at radius 1 is 1.05 bits per heavy atom. The van der Waals surface area contributed by atoms with Crippen LogP contribution in [-0.4, -0.2) is 7.11 Å². The number of aryl methyl sites for hydroxylation is 1. The third-order valence-electron chi connectivity index (χ3n) is 2.95. The fourth-order valence-electron chi connectivity index (χ4n) is 2.07. The van der Waals surface area contributed by atoms with Gasteiger partial charge in [-0.1, -0.05) is 37.9 Å². The molecule has 0 spiro atoms. The van der Waals surface area contributed by atoms with Crippen molar-refractivity contribution in [2.24, 2.45) is 5.73 Å². The zero-order valence-corrected chi connectivity index (χ0v) is 14.0. The summed E-state index contributed by atoms with van der Waals surface area (Å²) in [6, 6.07) is 11.8. The van der Waals surface area contributed by atoms with Crippen molar-refractivity contribution in [3.05, 3.63) is 62.0 Å². The molecule has 0 saturated heterocycles. The molecular formula is C15H15Br2NO. The lowest BCUT2D eigenvalue weighted by Crippen LogP contribution is -2.13. The van der Waals surface area contributed by atoms with Crippen molar-refractivity contribution in [1.29, 1.82) is 0 Å². The largest absolute Gasteiger partial charge is 0.496 e. The van der Waals surface area contributed by atoms with E-state index in [4.69, 9.17) is 10.5 Å². The minimum atomic E-state index is -0.219. The Kier molecular flexibility index (Phi) is 4.66. The third-order valence-corrected chi connectivity index (χ3v) is 3.90. The lowest BCUT2D eigenvalue weighted by molar-refractivity contribution is 0.407. The molecule has 1 atom stereocenters. The molecule has 0 amide bonds. The van der Waals surface area contributed by atoms with E-state index >= 15 is 0 Å². The monoisotopic (exact) mass is 383 g/mol. The summed E-state index contributed by atoms with van der Waals surface area (Å²) in [5.74, 6) is 0.799. The Morgan fingerprint density at radius 3 is 2.42 bits per heavy atom. The second kappa shape index (κ2) is 6.07. The molecule has 2 rings (SSSR count). The number of benzene rings is 2. The average Bonchev–Trinajstić information content (AvgIpc) is 2.36. The van der Waals surface area contributed by atoms with Crippen LogP contribution in [0.25, 0.3) is 0 Å². The van der Waals surface area contributed by atoms with Gasteiger partial charge in [0.1, 0.15) is 5.75 Å². The summed E-state index contributed by atoms with van der Waals surface area (Å²) in [4.78, 5) is 0. The van der Waals surface area contributed by atoms with Crippen molar-refractivity contribution in [3.8, 4) is 5.75 Å². The van der Waals surface area contributed by atoms with Crippen LogP contribution >= 0.6 is 31.9 Å². The fourth-order valence-corrected chi connectivity index (χ4v) is 3.08. The molecule has 0 radical (unpaired) electrons. The Hall–Kier alpha value is -0.840. The number of methoxy groups -OCH3 is 1. The van der Waals surface area contributed by atoms with Gasteiger partial charge in [0.15, 0.2) is 0 Å². The van der Waals surface area contributed by atoms with E-state index in [1.54, 1.807) is 7.11 Å². The van der Waals surface area contributed by atoms with E-state index in [0.717, 1.165) is 25.8 Å². The normalized spacial score (nSPS) is 12.3. The SMILES string of the molecule is COc1ccc(Br)cc1C(N)c1cc(C)cc(Br)c1. The Labute approximate surface area is 130 Å². The third kappa shape index (κ3) is 3.38. The summed E-state index contributed by atoms with van der Waals surface area (Å²) in [5, 5.41) is 0. The summed E-state index contributed by atoms with van der Waals surface area (Å²) in [5.41, 5.74) is 9.58. The lowest BCUT2D eigenvalue weighted by atomic mass is 9.97. The predicted molar refractivity (Wildman–Crippen MR) is 85.6 cm³/mol. The van der Waals surface area contributed by atoms with Crippen LogP contribution in [0, 0.1) is 6.92 Å². The number of hydrogen-bond donors (Lipinski definition) is 1. The molecule has 2 aromatic rings. The average molecular weight is 385 g/mol. The van der Waals surface area contributed by atoms with Gasteiger partial charge in [-0.2, -0.15) is 0 Å². The summed E-state index contributed by atoms with van der Waals surface area (Å²) in [6.45, 7) is 2.05. The first-order valence-electron chi connectivity index (χ1n) is 5.87. The summed E-state index contributed by atoms with van der Waals surface area (Å²) in [7, 11) is 1.66. The van der Waals surface area contributed by atoms with Gasteiger partial charge in [-0.25, -0.2) is 0 Å². The van der Waals surface area contributed by atoms with E-state index in [-0.39, 0.29) is 6.04 Å². The zero-order valence-electron chi connectivity index (χ0n) is 10.8. The molecule has 0 heterocycles. The Balaban J connectivity index is 2.48. The summed E-state index contributed by atoms with van der Waals surface area (Å²) in [6.07, 6.45) is 0. The highest BCUT2D eigenvalue weighted by Gasteiger charge is 2.15. The molecule has 4 heteroatoms. The molecule has 0 bridgehead atoms. The van der Waals surface area contributed by atoms with Crippen molar-refractivity contribution in [1.82, 2.24) is 0 Å². The molecule has 0 aliphatic rings. The van der Waals surface area contributed by atoms with E-state index in [1.807, 2.05) is 24.3 Å². The zero-order chi connectivity index (χ0) is 14.0. The molecule has 0 fully saturated rings. The van der Waals surface area contributed by atoms with E-state index < -0.39 is 0 Å². The molecular weight excluding hydrogens is 370 g/mol. The first-order valence-corrected chi connectivity index (χ1v) is 7.46. The van der Waals surface area contributed by atoms with Gasteiger partial charge in [-0.05, 0) is 48.4 Å². The van der Waals surface area contributed by atoms with Crippen molar-refractivity contribution >= 4 is 31.9 Å². The first kappa shape index (κ1) is 14.6. The van der Waals surface area contributed by atoms with Gasteiger partial charge in [0, 0.05) is 14.5 Å². The van der Waals surface area contributed by atoms with Crippen molar-refractivity contribution in [3.63, 3.8) is 0 Å². The Bertz CT molecular complexity index is 578. The second-order valence-electron chi connectivity index (χ2n) is 4.43. The standard InChI is InChI=1S/C15H15Br2NO/c1-9-5-10(7-12(17)6-9)15(18)13-8-11(16)3-4-14(13)19-2/h3-8,15H,18H2,1-2H3. The van der Waals surface area contributed by atoms with E-state index in [2.05, 4.69) is 50.9 Å².